The van der Waals surface area contributed by atoms with Crippen LogP contribution >= 0.6 is 0 Å². The first-order valence-electron chi connectivity index (χ1n) is 12.7. The fourth-order valence-electron chi connectivity index (χ4n) is 4.54. The predicted molar refractivity (Wildman–Crippen MR) is 139 cm³/mol. The molecule has 6 rings (SSSR count). The first kappa shape index (κ1) is 24.2. The molecule has 1 atom stereocenters. The second-order valence-corrected chi connectivity index (χ2v) is 9.44. The van der Waals surface area contributed by atoms with Crippen molar-refractivity contribution in [2.24, 2.45) is 0 Å². The summed E-state index contributed by atoms with van der Waals surface area (Å²) in [6.45, 7) is 3.01. The Kier molecular flexibility index (Phi) is 6.80. The first-order valence-corrected chi connectivity index (χ1v) is 12.7. The Hall–Kier alpha value is -4.15. The molecule has 196 valence electrons. The van der Waals surface area contributed by atoms with E-state index in [4.69, 9.17) is 18.9 Å². The molecule has 3 aliphatic heterocycles. The second-order valence-electron chi connectivity index (χ2n) is 9.44. The molecule has 2 saturated heterocycles. The van der Waals surface area contributed by atoms with E-state index >= 15 is 0 Å². The molecule has 0 bridgehead atoms. The van der Waals surface area contributed by atoms with Gasteiger partial charge in [-0.05, 0) is 60.0 Å². The van der Waals surface area contributed by atoms with Crippen molar-refractivity contribution in [3.05, 3.63) is 66.2 Å². The van der Waals surface area contributed by atoms with E-state index in [1.807, 2.05) is 12.1 Å². The van der Waals surface area contributed by atoms with Gasteiger partial charge in [-0.15, -0.1) is 0 Å². The van der Waals surface area contributed by atoms with Crippen LogP contribution in [-0.2, 0) is 20.8 Å². The summed E-state index contributed by atoms with van der Waals surface area (Å²) >= 11 is 0. The number of rotatable bonds is 9. The molecule has 10 nitrogen and oxygen atoms in total. The fourth-order valence-corrected chi connectivity index (χ4v) is 4.54. The number of pyridine rings is 1. The molecule has 10 heteroatoms. The minimum absolute atomic E-state index is 0.0438. The average Bonchev–Trinajstić information content (AvgIpc) is 3.29. The molecular weight excluding hydrogens is 488 g/mol. The second kappa shape index (κ2) is 10.7. The van der Waals surface area contributed by atoms with Gasteiger partial charge in [0.05, 0.1) is 19.8 Å². The Morgan fingerprint density at radius 2 is 1.89 bits per heavy atom. The van der Waals surface area contributed by atoms with Crippen molar-refractivity contribution < 1.29 is 28.5 Å². The molecule has 3 aliphatic rings. The van der Waals surface area contributed by atoms with Crippen molar-refractivity contribution in [3.8, 4) is 22.6 Å². The average molecular weight is 517 g/mol. The SMILES string of the molecule is O=C1COc2ccc(N3CC(CCNCc4cccc(-c5cccc(OC6COC6)c5)c4)OC3=O)nc2N1. The maximum atomic E-state index is 12.5. The predicted octanol–water partition coefficient (Wildman–Crippen LogP) is 3.36. The molecule has 1 aromatic heterocycles. The van der Waals surface area contributed by atoms with E-state index in [1.54, 1.807) is 12.1 Å². The smallest absolute Gasteiger partial charge is 0.415 e. The number of carbonyl (C=O) groups excluding carboxylic acids is 2. The number of hydrogen-bond acceptors (Lipinski definition) is 8. The molecule has 38 heavy (non-hydrogen) atoms. The van der Waals surface area contributed by atoms with Gasteiger partial charge in [0.15, 0.2) is 18.2 Å². The lowest BCUT2D eigenvalue weighted by atomic mass is 10.0. The van der Waals surface area contributed by atoms with Gasteiger partial charge in [0.2, 0.25) is 0 Å². The summed E-state index contributed by atoms with van der Waals surface area (Å²) in [4.78, 5) is 29.9. The molecule has 2 amide bonds. The number of carbonyl (C=O) groups is 2. The van der Waals surface area contributed by atoms with Crippen LogP contribution in [0.1, 0.15) is 12.0 Å². The van der Waals surface area contributed by atoms with Crippen molar-refractivity contribution in [2.75, 3.05) is 43.1 Å². The van der Waals surface area contributed by atoms with Crippen LogP contribution in [-0.4, -0.2) is 62.1 Å². The summed E-state index contributed by atoms with van der Waals surface area (Å²) in [7, 11) is 0. The maximum absolute atomic E-state index is 12.5. The number of amides is 2. The van der Waals surface area contributed by atoms with E-state index in [0.717, 1.165) is 22.4 Å². The lowest BCUT2D eigenvalue weighted by Crippen LogP contribution is -2.38. The number of anilines is 2. The van der Waals surface area contributed by atoms with E-state index in [2.05, 4.69) is 52.0 Å². The minimum atomic E-state index is -0.450. The highest BCUT2D eigenvalue weighted by atomic mass is 16.6. The standard InChI is InChI=1S/C28H28N4O6/c33-26-17-36-24-7-8-25(30-27(24)31-26)32-14-22(38-28(32)34)9-10-29-13-18-3-1-4-19(11-18)20-5-2-6-21(12-20)37-23-15-35-16-23/h1-8,11-12,22-23,29H,9-10,13-17H2,(H,30,31,33). The van der Waals surface area contributed by atoms with E-state index in [1.165, 1.54) is 4.90 Å². The van der Waals surface area contributed by atoms with E-state index in [0.29, 0.717) is 56.7 Å². The number of cyclic esters (lactones) is 1. The summed E-state index contributed by atoms with van der Waals surface area (Å²) in [5, 5.41) is 6.11. The van der Waals surface area contributed by atoms with Gasteiger partial charge in [0.25, 0.3) is 5.91 Å². The van der Waals surface area contributed by atoms with E-state index in [9.17, 15) is 9.59 Å². The van der Waals surface area contributed by atoms with Gasteiger partial charge in [-0.3, -0.25) is 9.69 Å². The zero-order valence-electron chi connectivity index (χ0n) is 20.7. The molecule has 4 heterocycles. The number of hydrogen-bond donors (Lipinski definition) is 2. The highest BCUT2D eigenvalue weighted by Gasteiger charge is 2.33. The Balaban J connectivity index is 1.00. The third-order valence-electron chi connectivity index (χ3n) is 6.59. The third-order valence-corrected chi connectivity index (χ3v) is 6.59. The molecule has 0 aliphatic carbocycles. The Morgan fingerprint density at radius 1 is 1.05 bits per heavy atom. The van der Waals surface area contributed by atoms with Crippen LogP contribution in [0, 0.1) is 0 Å². The zero-order chi connectivity index (χ0) is 25.9. The number of ether oxygens (including phenoxy) is 4. The molecule has 3 aromatic rings. The molecule has 1 unspecified atom stereocenters. The van der Waals surface area contributed by atoms with Gasteiger partial charge in [0.1, 0.15) is 23.8 Å². The van der Waals surface area contributed by atoms with Crippen LogP contribution in [0.3, 0.4) is 0 Å². The van der Waals surface area contributed by atoms with Crippen molar-refractivity contribution in [3.63, 3.8) is 0 Å². The highest BCUT2D eigenvalue weighted by Crippen LogP contribution is 2.30. The van der Waals surface area contributed by atoms with Gasteiger partial charge >= 0.3 is 6.09 Å². The summed E-state index contributed by atoms with van der Waals surface area (Å²) in [5.74, 6) is 1.79. The number of fused-ring (bicyclic) bond motifs is 1. The van der Waals surface area contributed by atoms with Crippen LogP contribution < -0.4 is 25.0 Å². The number of aromatic nitrogens is 1. The summed E-state index contributed by atoms with van der Waals surface area (Å²) < 4.78 is 22.0. The van der Waals surface area contributed by atoms with Crippen LogP contribution in [0.5, 0.6) is 11.5 Å². The van der Waals surface area contributed by atoms with Crippen molar-refractivity contribution in [2.45, 2.75) is 25.2 Å². The summed E-state index contributed by atoms with van der Waals surface area (Å²) in [6.07, 6.45) is 0.0957. The molecule has 0 radical (unpaired) electrons. The summed E-state index contributed by atoms with van der Waals surface area (Å²) in [5.41, 5.74) is 3.39. The van der Waals surface area contributed by atoms with E-state index < -0.39 is 6.09 Å². The van der Waals surface area contributed by atoms with Crippen molar-refractivity contribution >= 4 is 23.6 Å². The Labute approximate surface area is 219 Å². The van der Waals surface area contributed by atoms with Gasteiger partial charge in [-0.2, -0.15) is 0 Å². The van der Waals surface area contributed by atoms with Crippen LogP contribution in [0.25, 0.3) is 11.1 Å². The van der Waals surface area contributed by atoms with Crippen LogP contribution in [0.4, 0.5) is 16.4 Å². The van der Waals surface area contributed by atoms with Gasteiger partial charge in [-0.1, -0.05) is 30.3 Å². The zero-order valence-corrected chi connectivity index (χ0v) is 20.7. The van der Waals surface area contributed by atoms with Gasteiger partial charge in [0, 0.05) is 6.54 Å². The minimum Gasteiger partial charge on any atom is -0.486 e. The number of nitrogens with one attached hydrogen (secondary N) is 2. The van der Waals surface area contributed by atoms with Crippen LogP contribution in [0.2, 0.25) is 0 Å². The molecule has 0 saturated carbocycles. The molecule has 2 N–H and O–H groups in total. The first-order chi connectivity index (χ1) is 18.6. The fraction of sp³-hybridized carbons (Fsp3) is 0.321. The van der Waals surface area contributed by atoms with Crippen LogP contribution in [0.15, 0.2) is 60.7 Å². The summed E-state index contributed by atoms with van der Waals surface area (Å²) in [6, 6.07) is 19.9. The molecule has 2 aromatic carbocycles. The third kappa shape index (κ3) is 5.41. The largest absolute Gasteiger partial charge is 0.486 e. The van der Waals surface area contributed by atoms with E-state index in [-0.39, 0.29) is 24.7 Å². The van der Waals surface area contributed by atoms with Crippen molar-refractivity contribution in [1.29, 1.82) is 0 Å². The maximum Gasteiger partial charge on any atom is 0.415 e. The Bertz CT molecular complexity index is 1340. The molecular formula is C28H28N4O6. The molecule has 0 spiro atoms. The quantitative estimate of drug-likeness (QED) is 0.417. The lowest BCUT2D eigenvalue weighted by molar-refractivity contribution is -0.118. The normalized spacial score (nSPS) is 18.7. The topological polar surface area (TPSA) is 111 Å². The monoisotopic (exact) mass is 516 g/mol. The number of nitrogens with zero attached hydrogens (tertiary/aromatic N) is 2. The lowest BCUT2D eigenvalue weighted by Gasteiger charge is -2.26. The van der Waals surface area contributed by atoms with Gasteiger partial charge < -0.3 is 29.6 Å². The highest BCUT2D eigenvalue weighted by molar-refractivity contribution is 5.95. The Morgan fingerprint density at radius 3 is 2.74 bits per heavy atom. The number of benzene rings is 2. The molecule has 2 fully saturated rings. The van der Waals surface area contributed by atoms with Gasteiger partial charge in [-0.25, -0.2) is 9.78 Å². The van der Waals surface area contributed by atoms with Crippen molar-refractivity contribution in [1.82, 2.24) is 10.3 Å².